The average Bonchev–Trinajstić information content (AvgIpc) is 3.22. The molecule has 0 spiro atoms. The van der Waals surface area contributed by atoms with Gasteiger partial charge in [0.25, 0.3) is 0 Å². The van der Waals surface area contributed by atoms with Crippen LogP contribution in [0.5, 0.6) is 0 Å². The number of esters is 1. The van der Waals surface area contributed by atoms with E-state index in [0.717, 1.165) is 11.3 Å². The fourth-order valence-electron chi connectivity index (χ4n) is 4.35. The van der Waals surface area contributed by atoms with Gasteiger partial charge in [0.1, 0.15) is 11.7 Å². The number of Topliss-reactive ketones (excluding diaryl/α,β-unsaturated/α-hetero) is 1. The minimum atomic E-state index is -0.679. The van der Waals surface area contributed by atoms with Gasteiger partial charge in [-0.05, 0) is 49.4 Å². The standard InChI is InChI=1S/C23H22FNO3S/c1-3-28-23(27)20-13(2)25-17-11-15(19-5-4-10-29-19)12-18(26)22(17)21(20)14-6-8-16(24)9-7-14/h4-10,15,20-21H,3,11-12H2,1-2H3/t15-,20?,21+/m1/s1. The fourth-order valence-corrected chi connectivity index (χ4v) is 5.18. The molecule has 2 aromatic rings. The SMILES string of the molecule is CCOC(=O)C1C(C)=NC2=C(C(=O)C[C@H](c3cccs3)C2)[C@H]1c1ccc(F)cc1. The number of thiophene rings is 1. The number of halogens is 1. The highest BCUT2D eigenvalue weighted by Crippen LogP contribution is 2.47. The number of allylic oxidation sites excluding steroid dienone is 2. The zero-order valence-electron chi connectivity index (χ0n) is 16.4. The van der Waals surface area contributed by atoms with Crippen molar-refractivity contribution in [2.45, 2.75) is 38.5 Å². The molecule has 0 N–H and O–H groups in total. The van der Waals surface area contributed by atoms with Crippen LogP contribution in [0, 0.1) is 11.7 Å². The number of hydrogen-bond acceptors (Lipinski definition) is 5. The summed E-state index contributed by atoms with van der Waals surface area (Å²) >= 11 is 1.64. The molecule has 1 aromatic carbocycles. The monoisotopic (exact) mass is 411 g/mol. The van der Waals surface area contributed by atoms with Crippen LogP contribution in [-0.4, -0.2) is 24.1 Å². The van der Waals surface area contributed by atoms with Gasteiger partial charge < -0.3 is 4.74 Å². The van der Waals surface area contributed by atoms with E-state index in [9.17, 15) is 14.0 Å². The van der Waals surface area contributed by atoms with Crippen molar-refractivity contribution in [1.29, 1.82) is 0 Å². The van der Waals surface area contributed by atoms with Crippen LogP contribution in [0.2, 0.25) is 0 Å². The lowest BCUT2D eigenvalue weighted by atomic mass is 9.70. The molecule has 0 radical (unpaired) electrons. The number of hydrogen-bond donors (Lipinski definition) is 0. The first-order valence-electron chi connectivity index (χ1n) is 9.76. The van der Waals surface area contributed by atoms with Crippen molar-refractivity contribution >= 4 is 28.8 Å². The molecule has 2 heterocycles. The van der Waals surface area contributed by atoms with Gasteiger partial charge in [0.05, 0.1) is 6.61 Å². The van der Waals surface area contributed by atoms with Gasteiger partial charge in [-0.1, -0.05) is 18.2 Å². The first-order valence-corrected chi connectivity index (χ1v) is 10.6. The lowest BCUT2D eigenvalue weighted by Gasteiger charge is -2.36. The molecule has 150 valence electrons. The van der Waals surface area contributed by atoms with E-state index in [-0.39, 0.29) is 24.1 Å². The van der Waals surface area contributed by atoms with E-state index in [1.165, 1.54) is 17.0 Å². The summed E-state index contributed by atoms with van der Waals surface area (Å²) in [5, 5.41) is 2.01. The zero-order chi connectivity index (χ0) is 20.5. The summed E-state index contributed by atoms with van der Waals surface area (Å²) in [6, 6.07) is 10.1. The molecule has 0 bridgehead atoms. The van der Waals surface area contributed by atoms with Crippen molar-refractivity contribution in [2.24, 2.45) is 10.9 Å². The van der Waals surface area contributed by atoms with E-state index in [4.69, 9.17) is 9.73 Å². The molecular formula is C23H22FNO3S. The lowest BCUT2D eigenvalue weighted by molar-refractivity contribution is -0.146. The van der Waals surface area contributed by atoms with Crippen molar-refractivity contribution in [3.63, 3.8) is 0 Å². The van der Waals surface area contributed by atoms with Crippen molar-refractivity contribution < 1.29 is 18.7 Å². The van der Waals surface area contributed by atoms with Crippen LogP contribution in [-0.2, 0) is 14.3 Å². The molecule has 0 fully saturated rings. The molecule has 6 heteroatoms. The Balaban J connectivity index is 1.80. The number of ketones is 1. The lowest BCUT2D eigenvalue weighted by Crippen LogP contribution is -2.38. The average molecular weight is 411 g/mol. The van der Waals surface area contributed by atoms with Gasteiger partial charge in [0.2, 0.25) is 0 Å². The predicted octanol–water partition coefficient (Wildman–Crippen LogP) is 5.03. The maximum atomic E-state index is 13.5. The number of ether oxygens (including phenoxy) is 1. The second-order valence-corrected chi connectivity index (χ2v) is 8.40. The number of rotatable bonds is 4. The Morgan fingerprint density at radius 2 is 2.00 bits per heavy atom. The predicted molar refractivity (Wildman–Crippen MR) is 111 cm³/mol. The molecule has 0 saturated heterocycles. The molecule has 4 rings (SSSR count). The molecule has 1 unspecified atom stereocenters. The Morgan fingerprint density at radius 1 is 1.24 bits per heavy atom. The Bertz CT molecular complexity index is 992. The van der Waals surface area contributed by atoms with Crippen LogP contribution in [0.3, 0.4) is 0 Å². The van der Waals surface area contributed by atoms with Crippen LogP contribution >= 0.6 is 11.3 Å². The molecule has 0 saturated carbocycles. The van der Waals surface area contributed by atoms with Gasteiger partial charge in [0, 0.05) is 40.1 Å². The van der Waals surface area contributed by atoms with Gasteiger partial charge in [-0.15, -0.1) is 11.3 Å². The van der Waals surface area contributed by atoms with Crippen LogP contribution in [0.4, 0.5) is 4.39 Å². The van der Waals surface area contributed by atoms with Gasteiger partial charge in [-0.2, -0.15) is 0 Å². The number of aliphatic imine (C=N–C) groups is 1. The fraction of sp³-hybridized carbons (Fsp3) is 0.348. The highest BCUT2D eigenvalue weighted by molar-refractivity contribution is 7.10. The van der Waals surface area contributed by atoms with Crippen LogP contribution in [0.1, 0.15) is 49.0 Å². The molecule has 29 heavy (non-hydrogen) atoms. The van der Waals surface area contributed by atoms with Gasteiger partial charge in [-0.25, -0.2) is 4.39 Å². The summed E-state index contributed by atoms with van der Waals surface area (Å²) in [6.07, 6.45) is 1.05. The molecular weight excluding hydrogens is 389 g/mol. The molecule has 1 aliphatic heterocycles. The minimum Gasteiger partial charge on any atom is -0.465 e. The number of carbonyl (C=O) groups excluding carboxylic acids is 2. The van der Waals surface area contributed by atoms with Gasteiger partial charge >= 0.3 is 5.97 Å². The third kappa shape index (κ3) is 3.69. The quantitative estimate of drug-likeness (QED) is 0.664. The van der Waals surface area contributed by atoms with E-state index in [1.54, 1.807) is 37.3 Å². The second kappa shape index (κ2) is 8.03. The first-order chi connectivity index (χ1) is 14.0. The van der Waals surface area contributed by atoms with Crippen LogP contribution in [0.15, 0.2) is 58.0 Å². The van der Waals surface area contributed by atoms with E-state index >= 15 is 0 Å². The Labute approximate surface area is 173 Å². The summed E-state index contributed by atoms with van der Waals surface area (Å²) in [7, 11) is 0. The summed E-state index contributed by atoms with van der Waals surface area (Å²) in [6.45, 7) is 3.81. The maximum absolute atomic E-state index is 13.5. The smallest absolute Gasteiger partial charge is 0.315 e. The van der Waals surface area contributed by atoms with Gasteiger partial charge in [0.15, 0.2) is 5.78 Å². The maximum Gasteiger partial charge on any atom is 0.315 e. The highest BCUT2D eigenvalue weighted by atomic mass is 32.1. The molecule has 0 amide bonds. The molecule has 1 aliphatic carbocycles. The van der Waals surface area contributed by atoms with E-state index < -0.39 is 17.8 Å². The third-order valence-corrected chi connectivity index (χ3v) is 6.64. The second-order valence-electron chi connectivity index (χ2n) is 7.42. The van der Waals surface area contributed by atoms with Crippen molar-refractivity contribution in [3.05, 3.63) is 69.3 Å². The minimum absolute atomic E-state index is 0.00419. The van der Waals surface area contributed by atoms with Crippen molar-refractivity contribution in [1.82, 2.24) is 0 Å². The Hall–Kier alpha value is -2.60. The largest absolute Gasteiger partial charge is 0.465 e. The molecule has 3 atom stereocenters. The Morgan fingerprint density at radius 3 is 2.66 bits per heavy atom. The van der Waals surface area contributed by atoms with Crippen molar-refractivity contribution in [2.75, 3.05) is 6.61 Å². The van der Waals surface area contributed by atoms with Crippen molar-refractivity contribution in [3.8, 4) is 0 Å². The van der Waals surface area contributed by atoms with E-state index in [0.29, 0.717) is 24.1 Å². The summed E-state index contributed by atoms with van der Waals surface area (Å²) < 4.78 is 18.8. The van der Waals surface area contributed by atoms with E-state index in [1.807, 2.05) is 17.5 Å². The van der Waals surface area contributed by atoms with Crippen LogP contribution in [0.25, 0.3) is 0 Å². The van der Waals surface area contributed by atoms with Gasteiger partial charge in [-0.3, -0.25) is 14.6 Å². The molecule has 2 aliphatic rings. The van der Waals surface area contributed by atoms with E-state index in [2.05, 4.69) is 0 Å². The number of benzene rings is 1. The normalized spacial score (nSPS) is 24.2. The van der Waals surface area contributed by atoms with Crippen LogP contribution < -0.4 is 0 Å². The first kappa shape index (κ1) is 19.7. The number of carbonyl (C=O) groups is 2. The highest BCUT2D eigenvalue weighted by Gasteiger charge is 2.44. The topological polar surface area (TPSA) is 55.7 Å². The molecule has 4 nitrogen and oxygen atoms in total. The summed E-state index contributed by atoms with van der Waals surface area (Å²) in [5.74, 6) is -1.83. The summed E-state index contributed by atoms with van der Waals surface area (Å²) in [4.78, 5) is 31.9. The third-order valence-electron chi connectivity index (χ3n) is 5.60. The zero-order valence-corrected chi connectivity index (χ0v) is 17.2. The summed E-state index contributed by atoms with van der Waals surface area (Å²) in [5.41, 5.74) is 2.69. The molecule has 1 aromatic heterocycles. The Kier molecular flexibility index (Phi) is 5.46. The number of nitrogens with zero attached hydrogens (tertiary/aromatic N) is 1.